The largest absolute Gasteiger partial charge is 0.268 e. The molecule has 4 heteroatoms. The van der Waals surface area contributed by atoms with Gasteiger partial charge < -0.3 is 0 Å². The molecule has 1 heterocycles. The van der Waals surface area contributed by atoms with Crippen molar-refractivity contribution < 1.29 is 14.4 Å². The van der Waals surface area contributed by atoms with Gasteiger partial charge in [0.1, 0.15) is 0 Å². The Morgan fingerprint density at radius 2 is 1.35 bits per heavy atom. The van der Waals surface area contributed by atoms with Gasteiger partial charge in [0.05, 0.1) is 11.1 Å². The van der Waals surface area contributed by atoms with Crippen LogP contribution in [-0.4, -0.2) is 22.6 Å². The van der Waals surface area contributed by atoms with Gasteiger partial charge in [0.25, 0.3) is 17.7 Å². The fraction of sp³-hybridized carbons (Fsp3) is 0.0625. The van der Waals surface area contributed by atoms with E-state index in [1.807, 2.05) is 6.92 Å². The van der Waals surface area contributed by atoms with Gasteiger partial charge in [0, 0.05) is 5.56 Å². The molecule has 0 aromatic heterocycles. The molecule has 98 valence electrons. The lowest BCUT2D eigenvalue weighted by Gasteiger charge is -2.11. The Morgan fingerprint density at radius 1 is 0.850 bits per heavy atom. The molecule has 0 saturated carbocycles. The van der Waals surface area contributed by atoms with Gasteiger partial charge in [0.2, 0.25) is 0 Å². The zero-order valence-corrected chi connectivity index (χ0v) is 10.8. The molecule has 0 saturated heterocycles. The number of carbonyl (C=O) groups excluding carboxylic acids is 3. The summed E-state index contributed by atoms with van der Waals surface area (Å²) in [6.45, 7) is 1.90. The van der Waals surface area contributed by atoms with Crippen molar-refractivity contribution >= 4 is 17.7 Å². The number of nitrogens with zero attached hydrogens (tertiary/aromatic N) is 1. The maximum absolute atomic E-state index is 12.3. The Balaban J connectivity index is 2.00. The third kappa shape index (κ3) is 1.73. The molecule has 20 heavy (non-hydrogen) atoms. The van der Waals surface area contributed by atoms with Crippen LogP contribution in [0.3, 0.4) is 0 Å². The number of fused-ring (bicyclic) bond motifs is 1. The van der Waals surface area contributed by atoms with Crippen molar-refractivity contribution in [2.75, 3.05) is 0 Å². The van der Waals surface area contributed by atoms with E-state index in [4.69, 9.17) is 0 Å². The van der Waals surface area contributed by atoms with E-state index in [1.54, 1.807) is 48.5 Å². The number of carbonyl (C=O) groups is 3. The van der Waals surface area contributed by atoms with Crippen LogP contribution in [0.2, 0.25) is 0 Å². The van der Waals surface area contributed by atoms with Gasteiger partial charge in [-0.2, -0.15) is 0 Å². The van der Waals surface area contributed by atoms with Crippen molar-refractivity contribution in [2.45, 2.75) is 6.92 Å². The van der Waals surface area contributed by atoms with Crippen LogP contribution in [0.25, 0.3) is 0 Å². The summed E-state index contributed by atoms with van der Waals surface area (Å²) in [6.07, 6.45) is 0. The van der Waals surface area contributed by atoms with Gasteiger partial charge in [-0.1, -0.05) is 29.8 Å². The number of hydrogen-bond donors (Lipinski definition) is 0. The monoisotopic (exact) mass is 265 g/mol. The Bertz CT molecular complexity index is 697. The minimum atomic E-state index is -0.587. The molecule has 3 amide bonds. The molecule has 2 aromatic carbocycles. The number of aryl methyl sites for hydroxylation is 1. The molecule has 1 aliphatic rings. The Kier molecular flexibility index (Phi) is 2.71. The minimum absolute atomic E-state index is 0.276. The smallest absolute Gasteiger partial charge is 0.268 e. The summed E-state index contributed by atoms with van der Waals surface area (Å²) in [6, 6.07) is 13.2. The topological polar surface area (TPSA) is 54.5 Å². The molecule has 0 fully saturated rings. The highest BCUT2D eigenvalue weighted by atomic mass is 16.2. The molecule has 0 atom stereocenters. The first-order chi connectivity index (χ1) is 9.59. The lowest BCUT2D eigenvalue weighted by molar-refractivity contribution is 0.0566. The molecule has 0 unspecified atom stereocenters. The first-order valence-electron chi connectivity index (χ1n) is 6.18. The van der Waals surface area contributed by atoms with Crippen LogP contribution in [0.4, 0.5) is 0 Å². The lowest BCUT2D eigenvalue weighted by Crippen LogP contribution is -2.36. The van der Waals surface area contributed by atoms with Crippen LogP contribution in [0.1, 0.15) is 36.6 Å². The summed E-state index contributed by atoms with van der Waals surface area (Å²) in [5.74, 6) is -1.71. The van der Waals surface area contributed by atoms with Crippen LogP contribution in [0.5, 0.6) is 0 Å². The normalized spacial score (nSPS) is 13.6. The predicted molar refractivity (Wildman–Crippen MR) is 72.5 cm³/mol. The van der Waals surface area contributed by atoms with E-state index in [2.05, 4.69) is 0 Å². The average Bonchev–Trinajstić information content (AvgIpc) is 2.72. The van der Waals surface area contributed by atoms with Gasteiger partial charge in [-0.25, -0.2) is 4.90 Å². The Hall–Kier alpha value is -2.75. The SMILES string of the molecule is Cc1ccc(C(=O)N2C(=O)c3ccccc3C2=O)cc1. The predicted octanol–water partition coefficient (Wildman–Crippen LogP) is 2.43. The molecule has 0 spiro atoms. The third-order valence-electron chi connectivity index (χ3n) is 3.30. The van der Waals surface area contributed by atoms with E-state index < -0.39 is 17.7 Å². The van der Waals surface area contributed by atoms with Crippen molar-refractivity contribution in [1.82, 2.24) is 4.90 Å². The highest BCUT2D eigenvalue weighted by molar-refractivity contribution is 6.31. The highest BCUT2D eigenvalue weighted by Gasteiger charge is 2.39. The third-order valence-corrected chi connectivity index (χ3v) is 3.30. The Labute approximate surface area is 115 Å². The Morgan fingerprint density at radius 3 is 1.85 bits per heavy atom. The zero-order chi connectivity index (χ0) is 14.3. The fourth-order valence-electron chi connectivity index (χ4n) is 2.20. The summed E-state index contributed by atoms with van der Waals surface area (Å²) in [4.78, 5) is 37.4. The number of benzene rings is 2. The standard InChI is InChI=1S/C16H11NO3/c1-10-6-8-11(9-7-10)14(18)17-15(19)12-4-2-3-5-13(12)16(17)20/h2-9H,1H3. The molecule has 0 N–H and O–H groups in total. The first-order valence-corrected chi connectivity index (χ1v) is 6.18. The van der Waals surface area contributed by atoms with Crippen molar-refractivity contribution in [3.63, 3.8) is 0 Å². The number of rotatable bonds is 1. The van der Waals surface area contributed by atoms with Crippen molar-refractivity contribution in [3.8, 4) is 0 Å². The van der Waals surface area contributed by atoms with Gasteiger partial charge in [-0.15, -0.1) is 0 Å². The molecule has 0 bridgehead atoms. The first kappa shape index (κ1) is 12.3. The van der Waals surface area contributed by atoms with Crippen molar-refractivity contribution in [2.24, 2.45) is 0 Å². The van der Waals surface area contributed by atoms with E-state index in [0.717, 1.165) is 5.56 Å². The summed E-state index contributed by atoms with van der Waals surface area (Å²) in [7, 11) is 0. The average molecular weight is 265 g/mol. The van der Waals surface area contributed by atoms with E-state index >= 15 is 0 Å². The number of hydrogen-bond acceptors (Lipinski definition) is 3. The number of imide groups is 3. The quantitative estimate of drug-likeness (QED) is 0.744. The number of amides is 3. The maximum Gasteiger partial charge on any atom is 0.268 e. The molecule has 1 aliphatic heterocycles. The fourth-order valence-corrected chi connectivity index (χ4v) is 2.20. The van der Waals surface area contributed by atoms with Gasteiger partial charge in [0.15, 0.2) is 0 Å². The molecular weight excluding hydrogens is 254 g/mol. The van der Waals surface area contributed by atoms with Crippen LogP contribution < -0.4 is 0 Å². The van der Waals surface area contributed by atoms with Crippen LogP contribution in [0, 0.1) is 6.92 Å². The zero-order valence-electron chi connectivity index (χ0n) is 10.8. The van der Waals surface area contributed by atoms with E-state index in [-0.39, 0.29) is 11.1 Å². The van der Waals surface area contributed by atoms with Gasteiger partial charge in [-0.3, -0.25) is 14.4 Å². The molecule has 0 aliphatic carbocycles. The highest BCUT2D eigenvalue weighted by Crippen LogP contribution is 2.24. The molecule has 2 aromatic rings. The second kappa shape index (κ2) is 4.42. The van der Waals surface area contributed by atoms with E-state index in [1.165, 1.54) is 0 Å². The second-order valence-corrected chi connectivity index (χ2v) is 4.66. The van der Waals surface area contributed by atoms with Crippen molar-refractivity contribution in [3.05, 3.63) is 70.8 Å². The molecule has 4 nitrogen and oxygen atoms in total. The second-order valence-electron chi connectivity index (χ2n) is 4.66. The summed E-state index contributed by atoms with van der Waals surface area (Å²) >= 11 is 0. The van der Waals surface area contributed by atoms with Gasteiger partial charge in [-0.05, 0) is 31.2 Å². The maximum atomic E-state index is 12.3. The summed E-state index contributed by atoms with van der Waals surface area (Å²) in [5.41, 5.74) is 1.88. The molecule has 3 rings (SSSR count). The van der Waals surface area contributed by atoms with Crippen LogP contribution >= 0.6 is 0 Å². The van der Waals surface area contributed by atoms with E-state index in [0.29, 0.717) is 10.5 Å². The van der Waals surface area contributed by atoms with Crippen molar-refractivity contribution in [1.29, 1.82) is 0 Å². The van der Waals surface area contributed by atoms with Crippen LogP contribution in [0.15, 0.2) is 48.5 Å². The summed E-state index contributed by atoms with van der Waals surface area (Å²) < 4.78 is 0. The minimum Gasteiger partial charge on any atom is -0.268 e. The lowest BCUT2D eigenvalue weighted by atomic mass is 10.1. The molecule has 0 radical (unpaired) electrons. The van der Waals surface area contributed by atoms with Crippen LogP contribution in [-0.2, 0) is 0 Å². The summed E-state index contributed by atoms with van der Waals surface area (Å²) in [5, 5.41) is 0. The molecular formula is C16H11NO3. The van der Waals surface area contributed by atoms with Gasteiger partial charge >= 0.3 is 0 Å². The van der Waals surface area contributed by atoms with E-state index in [9.17, 15) is 14.4 Å².